The van der Waals surface area contributed by atoms with Gasteiger partial charge in [0.05, 0.1) is 20.3 Å². The van der Waals surface area contributed by atoms with Gasteiger partial charge in [0.2, 0.25) is 5.91 Å². The van der Waals surface area contributed by atoms with Gasteiger partial charge in [0.1, 0.15) is 11.5 Å². The summed E-state index contributed by atoms with van der Waals surface area (Å²) in [6.07, 6.45) is 0.774. The number of benzene rings is 2. The summed E-state index contributed by atoms with van der Waals surface area (Å²) in [6, 6.07) is 12.9. The van der Waals surface area contributed by atoms with Crippen molar-refractivity contribution in [2.75, 3.05) is 33.4 Å². The summed E-state index contributed by atoms with van der Waals surface area (Å²) < 4.78 is 11.4. The van der Waals surface area contributed by atoms with Crippen LogP contribution in [-0.4, -0.2) is 56.1 Å². The number of piperazine rings is 1. The Morgan fingerprint density at radius 3 is 2.59 bits per heavy atom. The van der Waals surface area contributed by atoms with Crippen molar-refractivity contribution in [1.29, 1.82) is 0 Å². The van der Waals surface area contributed by atoms with Crippen LogP contribution in [0.1, 0.15) is 37.4 Å². The first-order valence-electron chi connectivity index (χ1n) is 11.6. The summed E-state index contributed by atoms with van der Waals surface area (Å²) >= 11 is 6.13. The minimum atomic E-state index is -1.29. The SMILES string of the molecule is CCOc1cc(OC)ccc1C1(C(=O)N2CCNC(=O)C2)NC(CC)C(c2ccc(Cl)cc2)N1. The van der Waals surface area contributed by atoms with Gasteiger partial charge in [-0.15, -0.1) is 0 Å². The van der Waals surface area contributed by atoms with Gasteiger partial charge in [0.15, 0.2) is 5.66 Å². The van der Waals surface area contributed by atoms with Crippen molar-refractivity contribution < 1.29 is 19.1 Å². The molecule has 0 bridgehead atoms. The molecule has 3 N–H and O–H groups in total. The van der Waals surface area contributed by atoms with E-state index >= 15 is 0 Å². The molecule has 2 aliphatic rings. The number of carbonyl (C=O) groups excluding carboxylic acids is 2. The summed E-state index contributed by atoms with van der Waals surface area (Å²) in [5.74, 6) is 0.784. The fraction of sp³-hybridized carbons (Fsp3) is 0.440. The van der Waals surface area contributed by atoms with Gasteiger partial charge in [0, 0.05) is 41.8 Å². The highest BCUT2D eigenvalue weighted by Gasteiger charge is 2.53. The molecule has 0 aliphatic carbocycles. The van der Waals surface area contributed by atoms with E-state index in [1.807, 2.05) is 43.3 Å². The first kappa shape index (κ1) is 24.3. The van der Waals surface area contributed by atoms with E-state index in [1.165, 1.54) is 0 Å². The highest BCUT2D eigenvalue weighted by molar-refractivity contribution is 6.30. The van der Waals surface area contributed by atoms with Crippen molar-refractivity contribution >= 4 is 23.4 Å². The van der Waals surface area contributed by atoms with Gasteiger partial charge < -0.3 is 19.7 Å². The van der Waals surface area contributed by atoms with E-state index < -0.39 is 5.66 Å². The van der Waals surface area contributed by atoms with Crippen LogP contribution in [0.4, 0.5) is 0 Å². The van der Waals surface area contributed by atoms with Crippen molar-refractivity contribution in [2.45, 2.75) is 38.0 Å². The van der Waals surface area contributed by atoms with Crippen LogP contribution in [0, 0.1) is 0 Å². The predicted octanol–water partition coefficient (Wildman–Crippen LogP) is 2.57. The van der Waals surface area contributed by atoms with E-state index in [1.54, 1.807) is 18.1 Å². The Morgan fingerprint density at radius 2 is 1.94 bits per heavy atom. The lowest BCUT2D eigenvalue weighted by molar-refractivity contribution is -0.144. The normalized spacial score (nSPS) is 24.6. The molecular formula is C25H31ClN4O4. The molecule has 2 saturated heterocycles. The number of carbonyl (C=O) groups is 2. The van der Waals surface area contributed by atoms with Gasteiger partial charge in [-0.2, -0.15) is 0 Å². The molecule has 4 rings (SSSR count). The standard InChI is InChI=1S/C25H31ClN4O4/c1-4-20-23(16-6-8-17(26)9-7-16)29-25(28-20,24(32)30-13-12-27-22(31)15-30)19-11-10-18(33-3)14-21(19)34-5-2/h6-11,14,20,23,28-29H,4-5,12-13,15H2,1-3H3,(H,27,31). The van der Waals surface area contributed by atoms with E-state index in [-0.39, 0.29) is 30.4 Å². The lowest BCUT2D eigenvalue weighted by Crippen LogP contribution is -2.63. The van der Waals surface area contributed by atoms with E-state index in [0.29, 0.717) is 41.8 Å². The van der Waals surface area contributed by atoms with Crippen molar-refractivity contribution in [3.05, 3.63) is 58.6 Å². The quantitative estimate of drug-likeness (QED) is 0.557. The Labute approximate surface area is 204 Å². The average Bonchev–Trinajstić information content (AvgIpc) is 3.25. The van der Waals surface area contributed by atoms with Crippen LogP contribution in [0.25, 0.3) is 0 Å². The second kappa shape index (κ2) is 10.2. The largest absolute Gasteiger partial charge is 0.497 e. The molecule has 2 amide bonds. The first-order valence-corrected chi connectivity index (χ1v) is 12.0. The second-order valence-corrected chi connectivity index (χ2v) is 8.89. The minimum Gasteiger partial charge on any atom is -0.497 e. The van der Waals surface area contributed by atoms with Gasteiger partial charge in [-0.05, 0) is 43.2 Å². The van der Waals surface area contributed by atoms with Gasteiger partial charge in [0.25, 0.3) is 5.91 Å². The molecule has 9 heteroatoms. The zero-order valence-electron chi connectivity index (χ0n) is 19.7. The molecular weight excluding hydrogens is 456 g/mol. The molecule has 0 saturated carbocycles. The molecule has 34 heavy (non-hydrogen) atoms. The summed E-state index contributed by atoms with van der Waals surface area (Å²) in [7, 11) is 1.59. The second-order valence-electron chi connectivity index (χ2n) is 8.45. The van der Waals surface area contributed by atoms with Crippen LogP contribution >= 0.6 is 11.6 Å². The fourth-order valence-electron chi connectivity index (χ4n) is 4.72. The molecule has 2 fully saturated rings. The lowest BCUT2D eigenvalue weighted by Gasteiger charge is -2.37. The van der Waals surface area contributed by atoms with E-state index in [9.17, 15) is 9.59 Å². The summed E-state index contributed by atoms with van der Waals surface area (Å²) in [6.45, 7) is 5.25. The highest BCUT2D eigenvalue weighted by atomic mass is 35.5. The number of halogens is 1. The third-order valence-electron chi connectivity index (χ3n) is 6.38. The number of ether oxygens (including phenoxy) is 2. The highest BCUT2D eigenvalue weighted by Crippen LogP contribution is 2.41. The zero-order valence-corrected chi connectivity index (χ0v) is 20.4. The van der Waals surface area contributed by atoms with Crippen LogP contribution in [0.5, 0.6) is 11.5 Å². The fourth-order valence-corrected chi connectivity index (χ4v) is 4.84. The number of hydrogen-bond acceptors (Lipinski definition) is 6. The zero-order chi connectivity index (χ0) is 24.3. The van der Waals surface area contributed by atoms with Gasteiger partial charge in [-0.3, -0.25) is 20.2 Å². The first-order chi connectivity index (χ1) is 16.4. The number of methoxy groups -OCH3 is 1. The topological polar surface area (TPSA) is 91.9 Å². The molecule has 0 radical (unpaired) electrons. The number of amides is 2. The summed E-state index contributed by atoms with van der Waals surface area (Å²) in [5.41, 5.74) is 0.377. The maximum atomic E-state index is 14.2. The number of rotatable bonds is 7. The predicted molar refractivity (Wildman–Crippen MR) is 130 cm³/mol. The Balaban J connectivity index is 1.83. The molecule has 2 aromatic carbocycles. The molecule has 2 aromatic rings. The van der Waals surface area contributed by atoms with Crippen molar-refractivity contribution in [2.24, 2.45) is 0 Å². The monoisotopic (exact) mass is 486 g/mol. The number of nitrogens with one attached hydrogen (secondary N) is 3. The van der Waals surface area contributed by atoms with Crippen molar-refractivity contribution in [1.82, 2.24) is 20.9 Å². The molecule has 8 nitrogen and oxygen atoms in total. The number of nitrogens with zero attached hydrogens (tertiary/aromatic N) is 1. The smallest absolute Gasteiger partial charge is 0.263 e. The van der Waals surface area contributed by atoms with Gasteiger partial charge >= 0.3 is 0 Å². The summed E-state index contributed by atoms with van der Waals surface area (Å²) in [4.78, 5) is 27.9. The molecule has 0 aromatic heterocycles. The number of hydrogen-bond donors (Lipinski definition) is 3. The van der Waals surface area contributed by atoms with E-state index in [2.05, 4.69) is 22.9 Å². The molecule has 3 atom stereocenters. The minimum absolute atomic E-state index is 0.00642. The van der Waals surface area contributed by atoms with E-state index in [0.717, 1.165) is 12.0 Å². The van der Waals surface area contributed by atoms with Gasteiger partial charge in [-0.25, -0.2) is 0 Å². The maximum Gasteiger partial charge on any atom is 0.263 e. The van der Waals surface area contributed by atoms with Crippen molar-refractivity contribution in [3.63, 3.8) is 0 Å². The Kier molecular flexibility index (Phi) is 7.30. The van der Waals surface area contributed by atoms with Crippen LogP contribution in [0.2, 0.25) is 5.02 Å². The Morgan fingerprint density at radius 1 is 1.18 bits per heavy atom. The van der Waals surface area contributed by atoms with Crippen LogP contribution in [0.15, 0.2) is 42.5 Å². The lowest BCUT2D eigenvalue weighted by atomic mass is 9.96. The third-order valence-corrected chi connectivity index (χ3v) is 6.64. The molecule has 2 aliphatic heterocycles. The maximum absolute atomic E-state index is 14.2. The van der Waals surface area contributed by atoms with Crippen LogP contribution < -0.4 is 25.4 Å². The molecule has 2 heterocycles. The van der Waals surface area contributed by atoms with E-state index in [4.69, 9.17) is 21.1 Å². The molecule has 182 valence electrons. The van der Waals surface area contributed by atoms with Gasteiger partial charge in [-0.1, -0.05) is 30.7 Å². The molecule has 0 spiro atoms. The Bertz CT molecular complexity index is 1050. The Hall–Kier alpha value is -2.81. The average molecular weight is 487 g/mol. The molecule has 3 unspecified atom stereocenters. The van der Waals surface area contributed by atoms with Crippen molar-refractivity contribution in [3.8, 4) is 11.5 Å². The third kappa shape index (κ3) is 4.58. The van der Waals surface area contributed by atoms with Crippen LogP contribution in [0.3, 0.4) is 0 Å². The summed E-state index contributed by atoms with van der Waals surface area (Å²) in [5, 5.41) is 10.6. The van der Waals surface area contributed by atoms with Crippen LogP contribution in [-0.2, 0) is 15.3 Å².